The predicted octanol–water partition coefficient (Wildman–Crippen LogP) is 1.93. The molecule has 0 unspecified atom stereocenters. The number of hydrogen-bond donors (Lipinski definition) is 0. The first-order valence-electron chi connectivity index (χ1n) is 5.30. The van der Waals surface area contributed by atoms with Gasteiger partial charge < -0.3 is 9.64 Å². The van der Waals surface area contributed by atoms with Crippen LogP contribution in [-0.2, 0) is 14.3 Å². The number of unbranched alkanes of at least 4 members (excludes halogenated alkanes) is 1. The lowest BCUT2D eigenvalue weighted by Crippen LogP contribution is -2.35. The normalized spacial score (nSPS) is 9.69. The molecule has 0 bridgehead atoms. The van der Waals surface area contributed by atoms with Gasteiger partial charge in [0.2, 0.25) is 5.91 Å². The summed E-state index contributed by atoms with van der Waals surface area (Å²) in [7, 11) is 0. The van der Waals surface area contributed by atoms with Crippen LogP contribution in [0.5, 0.6) is 0 Å². The second-order valence-electron chi connectivity index (χ2n) is 3.20. The van der Waals surface area contributed by atoms with Crippen molar-refractivity contribution >= 4 is 23.5 Å². The summed E-state index contributed by atoms with van der Waals surface area (Å²) in [6, 6.07) is 0. The van der Waals surface area contributed by atoms with Gasteiger partial charge in [-0.05, 0) is 13.3 Å². The van der Waals surface area contributed by atoms with E-state index in [1.807, 2.05) is 6.92 Å². The number of alkyl halides is 1. The smallest absolute Gasteiger partial charge is 0.354 e. The maximum absolute atomic E-state index is 11.5. The van der Waals surface area contributed by atoms with E-state index in [0.29, 0.717) is 6.54 Å². The van der Waals surface area contributed by atoms with E-state index in [9.17, 15) is 9.59 Å². The average Bonchev–Trinajstić information content (AvgIpc) is 2.29. The number of amides is 1. The van der Waals surface area contributed by atoms with Crippen LogP contribution in [0.1, 0.15) is 26.7 Å². The van der Waals surface area contributed by atoms with Gasteiger partial charge in [-0.3, -0.25) is 4.79 Å². The van der Waals surface area contributed by atoms with Crippen LogP contribution in [0.2, 0.25) is 0 Å². The van der Waals surface area contributed by atoms with Gasteiger partial charge in [-0.25, -0.2) is 4.79 Å². The molecule has 4 nitrogen and oxygen atoms in total. The van der Waals surface area contributed by atoms with Gasteiger partial charge in [-0.1, -0.05) is 19.9 Å². The van der Waals surface area contributed by atoms with Crippen molar-refractivity contribution < 1.29 is 14.3 Å². The quantitative estimate of drug-likeness (QED) is 0.392. The highest BCUT2D eigenvalue weighted by atomic mass is 35.5. The van der Waals surface area contributed by atoms with Gasteiger partial charge in [0.25, 0.3) is 0 Å². The minimum absolute atomic E-state index is 0.0564. The third kappa shape index (κ3) is 4.66. The van der Waals surface area contributed by atoms with Crippen molar-refractivity contribution in [2.45, 2.75) is 26.7 Å². The summed E-state index contributed by atoms with van der Waals surface area (Å²) < 4.78 is 4.78. The van der Waals surface area contributed by atoms with Crippen molar-refractivity contribution in [1.82, 2.24) is 4.90 Å². The van der Waals surface area contributed by atoms with E-state index in [-0.39, 0.29) is 24.1 Å². The molecule has 5 heteroatoms. The van der Waals surface area contributed by atoms with Gasteiger partial charge in [-0.15, -0.1) is 11.6 Å². The van der Waals surface area contributed by atoms with Crippen molar-refractivity contribution in [1.29, 1.82) is 0 Å². The summed E-state index contributed by atoms with van der Waals surface area (Å²) in [4.78, 5) is 24.2. The summed E-state index contributed by atoms with van der Waals surface area (Å²) in [5.41, 5.74) is 0.0564. The number of ether oxygens (including phenoxy) is 1. The molecule has 92 valence electrons. The summed E-state index contributed by atoms with van der Waals surface area (Å²) in [6.45, 7) is 7.97. The lowest BCUT2D eigenvalue weighted by atomic mass is 10.3. The summed E-state index contributed by atoms with van der Waals surface area (Å²) >= 11 is 5.47. The molecule has 0 N–H and O–H groups in total. The van der Waals surface area contributed by atoms with E-state index in [1.165, 1.54) is 4.90 Å². The molecule has 0 atom stereocenters. The van der Waals surface area contributed by atoms with Crippen molar-refractivity contribution in [3.63, 3.8) is 0 Å². The van der Waals surface area contributed by atoms with E-state index in [4.69, 9.17) is 16.3 Å². The fraction of sp³-hybridized carbons (Fsp3) is 0.636. The van der Waals surface area contributed by atoms with Crippen LogP contribution < -0.4 is 0 Å². The summed E-state index contributed by atoms with van der Waals surface area (Å²) in [5, 5.41) is 0. The molecule has 1 amide bonds. The molecule has 0 aliphatic carbocycles. The minimum Gasteiger partial charge on any atom is -0.461 e. The Kier molecular flexibility index (Phi) is 7.64. The molecular formula is C11H18ClNO3. The molecule has 0 rings (SSSR count). The number of esters is 1. The standard InChI is InChI=1S/C11H18ClNO3/c1-4-6-7-13(10(14)8-12)9(3)11(15)16-5-2/h3-8H2,1-2H3. The lowest BCUT2D eigenvalue weighted by Gasteiger charge is -2.22. The van der Waals surface area contributed by atoms with Crippen LogP contribution in [0.4, 0.5) is 0 Å². The van der Waals surface area contributed by atoms with Crippen LogP contribution in [0.3, 0.4) is 0 Å². The molecular weight excluding hydrogens is 230 g/mol. The molecule has 0 fully saturated rings. The number of hydrogen-bond acceptors (Lipinski definition) is 3. The minimum atomic E-state index is -0.572. The first-order valence-corrected chi connectivity index (χ1v) is 5.84. The highest BCUT2D eigenvalue weighted by Gasteiger charge is 2.21. The zero-order valence-corrected chi connectivity index (χ0v) is 10.5. The molecule has 0 heterocycles. The molecule has 0 aliphatic rings. The Morgan fingerprint density at radius 1 is 1.38 bits per heavy atom. The molecule has 0 saturated heterocycles. The monoisotopic (exact) mass is 247 g/mol. The maximum atomic E-state index is 11.5. The summed E-state index contributed by atoms with van der Waals surface area (Å²) in [6.07, 6.45) is 1.71. The number of halogens is 1. The SMILES string of the molecule is C=C(C(=O)OCC)N(CCCC)C(=O)CCl. The second-order valence-corrected chi connectivity index (χ2v) is 3.47. The van der Waals surface area contributed by atoms with Crippen LogP contribution in [-0.4, -0.2) is 35.8 Å². The first kappa shape index (κ1) is 15.0. The number of carbonyl (C=O) groups excluding carboxylic acids is 2. The Labute approximate surface area is 101 Å². The fourth-order valence-corrected chi connectivity index (χ4v) is 1.27. The molecule has 0 spiro atoms. The van der Waals surface area contributed by atoms with E-state index in [1.54, 1.807) is 6.92 Å². The van der Waals surface area contributed by atoms with Crippen LogP contribution in [0, 0.1) is 0 Å². The van der Waals surface area contributed by atoms with Gasteiger partial charge in [0, 0.05) is 6.54 Å². The number of rotatable bonds is 7. The second kappa shape index (κ2) is 8.16. The molecule has 0 aromatic rings. The third-order valence-electron chi connectivity index (χ3n) is 1.99. The Morgan fingerprint density at radius 3 is 2.44 bits per heavy atom. The third-order valence-corrected chi connectivity index (χ3v) is 2.22. The zero-order valence-electron chi connectivity index (χ0n) is 9.79. The largest absolute Gasteiger partial charge is 0.461 e. The van der Waals surface area contributed by atoms with E-state index in [2.05, 4.69) is 6.58 Å². The lowest BCUT2D eigenvalue weighted by molar-refractivity contribution is -0.143. The van der Waals surface area contributed by atoms with Crippen LogP contribution >= 0.6 is 11.6 Å². The summed E-state index contributed by atoms with van der Waals surface area (Å²) in [5.74, 6) is -1.06. The molecule has 0 aromatic heterocycles. The Hall–Kier alpha value is -1.03. The Balaban J connectivity index is 4.55. The van der Waals surface area contributed by atoms with Gasteiger partial charge in [0.1, 0.15) is 11.6 Å². The average molecular weight is 248 g/mol. The number of nitrogens with zero attached hydrogens (tertiary/aromatic N) is 1. The highest BCUT2D eigenvalue weighted by molar-refractivity contribution is 6.27. The fourth-order valence-electron chi connectivity index (χ4n) is 1.12. The van der Waals surface area contributed by atoms with Crippen molar-refractivity contribution in [3.05, 3.63) is 12.3 Å². The van der Waals surface area contributed by atoms with E-state index >= 15 is 0 Å². The Morgan fingerprint density at radius 2 is 2.00 bits per heavy atom. The van der Waals surface area contributed by atoms with Gasteiger partial charge in [0.05, 0.1) is 6.61 Å². The molecule has 0 saturated carbocycles. The van der Waals surface area contributed by atoms with Crippen LogP contribution in [0.25, 0.3) is 0 Å². The maximum Gasteiger partial charge on any atom is 0.354 e. The molecule has 0 aliphatic heterocycles. The predicted molar refractivity (Wildman–Crippen MR) is 63.1 cm³/mol. The number of carbonyl (C=O) groups is 2. The van der Waals surface area contributed by atoms with Crippen molar-refractivity contribution in [2.24, 2.45) is 0 Å². The molecule has 16 heavy (non-hydrogen) atoms. The first-order chi connectivity index (χ1) is 7.58. The van der Waals surface area contributed by atoms with Crippen LogP contribution in [0.15, 0.2) is 12.3 Å². The molecule has 0 aromatic carbocycles. The van der Waals surface area contributed by atoms with Gasteiger partial charge >= 0.3 is 5.97 Å². The van der Waals surface area contributed by atoms with Crippen molar-refractivity contribution in [2.75, 3.05) is 19.0 Å². The topological polar surface area (TPSA) is 46.6 Å². The molecule has 0 radical (unpaired) electrons. The van der Waals surface area contributed by atoms with E-state index < -0.39 is 5.97 Å². The van der Waals surface area contributed by atoms with Crippen molar-refractivity contribution in [3.8, 4) is 0 Å². The zero-order chi connectivity index (χ0) is 12.6. The highest BCUT2D eigenvalue weighted by Crippen LogP contribution is 2.08. The Bertz CT molecular complexity index is 266. The van der Waals surface area contributed by atoms with E-state index in [0.717, 1.165) is 12.8 Å². The van der Waals surface area contributed by atoms with Gasteiger partial charge in [0.15, 0.2) is 0 Å². The van der Waals surface area contributed by atoms with Gasteiger partial charge in [-0.2, -0.15) is 0 Å².